The summed E-state index contributed by atoms with van der Waals surface area (Å²) in [6, 6.07) is 0. The zero-order valence-corrected chi connectivity index (χ0v) is 13.8. The number of hydrogen-bond acceptors (Lipinski definition) is 2. The molecule has 138 valence electrons. The SMILES string of the molecule is O=C(O)C(F)(F)F.O=C(O)C(F)(F)F.[CH]1C=CC=C1.[CH]1C=CC=C1.[Ti]. The molecule has 0 aromatic heterocycles. The molecule has 0 aliphatic heterocycles. The number of carboxylic acid groups (broad SMARTS) is 2. The topological polar surface area (TPSA) is 74.6 Å². The average Bonchev–Trinajstić information content (AvgIpc) is 3.16. The van der Waals surface area contributed by atoms with Crippen LogP contribution in [0.4, 0.5) is 26.3 Å². The minimum absolute atomic E-state index is 0. The molecule has 0 unspecified atom stereocenters. The third kappa shape index (κ3) is 22.2. The minimum Gasteiger partial charge on any atom is -0.475 e. The van der Waals surface area contributed by atoms with Gasteiger partial charge in [0.2, 0.25) is 0 Å². The fraction of sp³-hybridized carbons (Fsp3) is 0.143. The summed E-state index contributed by atoms with van der Waals surface area (Å²) in [4.78, 5) is 17.8. The van der Waals surface area contributed by atoms with Gasteiger partial charge in [0, 0.05) is 34.6 Å². The molecule has 0 saturated heterocycles. The van der Waals surface area contributed by atoms with E-state index in [2.05, 4.69) is 0 Å². The number of allylic oxidation sites excluding steroid dienone is 8. The van der Waals surface area contributed by atoms with Gasteiger partial charge in [-0.3, -0.25) is 0 Å². The first-order valence-electron chi connectivity index (χ1n) is 5.82. The Bertz CT molecular complexity index is 438. The molecule has 0 aromatic carbocycles. The predicted molar refractivity (Wildman–Crippen MR) is 72.5 cm³/mol. The van der Waals surface area contributed by atoms with E-state index in [0.29, 0.717) is 0 Å². The molecule has 2 rings (SSSR count). The maximum absolute atomic E-state index is 10.6. The smallest absolute Gasteiger partial charge is 0.475 e. The number of alkyl halides is 6. The Labute approximate surface area is 154 Å². The van der Waals surface area contributed by atoms with Crippen LogP contribution in [0, 0.1) is 12.8 Å². The van der Waals surface area contributed by atoms with Crippen LogP contribution in [0.3, 0.4) is 0 Å². The van der Waals surface area contributed by atoms with Crippen LogP contribution in [0.25, 0.3) is 0 Å². The molecule has 0 saturated carbocycles. The van der Waals surface area contributed by atoms with Crippen LogP contribution in [0.1, 0.15) is 0 Å². The monoisotopic (exact) mass is 406 g/mol. The van der Waals surface area contributed by atoms with Gasteiger partial charge in [-0.05, 0) is 0 Å². The minimum atomic E-state index is -5.08. The molecule has 11 heteroatoms. The van der Waals surface area contributed by atoms with Crippen LogP contribution in [-0.2, 0) is 31.3 Å². The average molecular weight is 406 g/mol. The molecule has 0 bridgehead atoms. The molecule has 2 aliphatic carbocycles. The molecule has 0 fully saturated rings. The zero-order valence-electron chi connectivity index (χ0n) is 12.3. The van der Waals surface area contributed by atoms with Crippen molar-refractivity contribution >= 4 is 11.9 Å². The summed E-state index contributed by atoms with van der Waals surface area (Å²) in [7, 11) is 0. The van der Waals surface area contributed by atoms with Crippen molar-refractivity contribution in [3.05, 3.63) is 61.4 Å². The van der Waals surface area contributed by atoms with Crippen molar-refractivity contribution in [3.8, 4) is 0 Å². The van der Waals surface area contributed by atoms with Gasteiger partial charge in [-0.15, -0.1) is 0 Å². The summed E-state index contributed by atoms with van der Waals surface area (Å²) in [6.07, 6.45) is 9.83. The Morgan fingerprint density at radius 2 is 0.720 bits per heavy atom. The molecular formula is C14H12F6O4Ti. The third-order valence-electron chi connectivity index (χ3n) is 1.60. The predicted octanol–water partition coefficient (Wildman–Crippen LogP) is 3.90. The van der Waals surface area contributed by atoms with Gasteiger partial charge in [-0.1, -0.05) is 48.6 Å². The molecular weight excluding hydrogens is 394 g/mol. The van der Waals surface area contributed by atoms with Gasteiger partial charge in [0.05, 0.1) is 0 Å². The maximum Gasteiger partial charge on any atom is 0.490 e. The summed E-state index contributed by atoms with van der Waals surface area (Å²) < 4.78 is 63.5. The number of carboxylic acids is 2. The Morgan fingerprint density at radius 1 is 0.560 bits per heavy atom. The van der Waals surface area contributed by atoms with Gasteiger partial charge in [0.1, 0.15) is 0 Å². The van der Waals surface area contributed by atoms with E-state index in [9.17, 15) is 26.3 Å². The molecule has 2 aliphatic rings. The first-order valence-corrected chi connectivity index (χ1v) is 5.82. The van der Waals surface area contributed by atoms with E-state index in [0.717, 1.165) is 0 Å². The van der Waals surface area contributed by atoms with Gasteiger partial charge in [-0.25, -0.2) is 9.59 Å². The molecule has 2 N–H and O–H groups in total. The van der Waals surface area contributed by atoms with Crippen molar-refractivity contribution in [2.45, 2.75) is 12.4 Å². The Balaban J connectivity index is -0.000000257. The van der Waals surface area contributed by atoms with Gasteiger partial charge < -0.3 is 10.2 Å². The number of halogens is 6. The summed E-state index contributed by atoms with van der Waals surface area (Å²) in [6.45, 7) is 0. The number of carbonyl (C=O) groups is 2. The third-order valence-corrected chi connectivity index (χ3v) is 1.60. The molecule has 0 heterocycles. The van der Waals surface area contributed by atoms with Crippen molar-refractivity contribution in [1.29, 1.82) is 0 Å². The first kappa shape index (κ1) is 28.0. The van der Waals surface area contributed by atoms with E-state index in [1.165, 1.54) is 0 Å². The Kier molecular flexibility index (Phi) is 16.3. The number of aliphatic carboxylic acids is 2. The van der Waals surface area contributed by atoms with Crippen molar-refractivity contribution < 1.29 is 67.9 Å². The van der Waals surface area contributed by atoms with Crippen molar-refractivity contribution in [2.24, 2.45) is 0 Å². The van der Waals surface area contributed by atoms with E-state index in [1.807, 2.05) is 61.4 Å². The normalized spacial score (nSPS) is 13.4. The van der Waals surface area contributed by atoms with Gasteiger partial charge >= 0.3 is 24.3 Å². The van der Waals surface area contributed by atoms with Crippen molar-refractivity contribution in [3.63, 3.8) is 0 Å². The first-order chi connectivity index (χ1) is 10.9. The van der Waals surface area contributed by atoms with Crippen LogP contribution in [-0.4, -0.2) is 34.5 Å². The molecule has 4 nitrogen and oxygen atoms in total. The Hall–Kier alpha value is -1.81. The molecule has 0 spiro atoms. The number of hydrogen-bond donors (Lipinski definition) is 2. The largest absolute Gasteiger partial charge is 0.490 e. The fourth-order valence-electron chi connectivity index (χ4n) is 0.642. The van der Waals surface area contributed by atoms with Crippen LogP contribution in [0.2, 0.25) is 0 Å². The summed E-state index contributed by atoms with van der Waals surface area (Å²) >= 11 is 0. The Morgan fingerprint density at radius 3 is 0.760 bits per heavy atom. The second-order valence-electron chi connectivity index (χ2n) is 3.53. The van der Waals surface area contributed by atoms with Crippen LogP contribution < -0.4 is 0 Å². The van der Waals surface area contributed by atoms with E-state index >= 15 is 0 Å². The molecule has 0 aromatic rings. The van der Waals surface area contributed by atoms with Crippen molar-refractivity contribution in [1.82, 2.24) is 0 Å². The van der Waals surface area contributed by atoms with Crippen LogP contribution in [0.5, 0.6) is 0 Å². The zero-order chi connectivity index (χ0) is 19.2. The molecule has 0 amide bonds. The van der Waals surface area contributed by atoms with E-state index in [-0.39, 0.29) is 21.7 Å². The van der Waals surface area contributed by atoms with E-state index < -0.39 is 24.3 Å². The molecule has 0 atom stereocenters. The van der Waals surface area contributed by atoms with Gasteiger partial charge in [-0.2, -0.15) is 26.3 Å². The quantitative estimate of drug-likeness (QED) is 0.473. The second kappa shape index (κ2) is 14.5. The second-order valence-corrected chi connectivity index (χ2v) is 3.53. The van der Waals surface area contributed by atoms with Crippen LogP contribution in [0.15, 0.2) is 48.6 Å². The van der Waals surface area contributed by atoms with Crippen molar-refractivity contribution in [2.75, 3.05) is 0 Å². The summed E-state index contributed by atoms with van der Waals surface area (Å²) in [5.74, 6) is -5.51. The fourth-order valence-corrected chi connectivity index (χ4v) is 0.642. The summed E-state index contributed by atoms with van der Waals surface area (Å²) in [5, 5.41) is 14.2. The maximum atomic E-state index is 10.6. The van der Waals surface area contributed by atoms with Gasteiger partial charge in [0.25, 0.3) is 0 Å². The van der Waals surface area contributed by atoms with E-state index in [4.69, 9.17) is 19.8 Å². The standard InChI is InChI=1S/2C5H5.2C2HF3O2.Ti/c2*1-2-4-5-3-1;2*3-2(4,5)1(6)7;/h2*1-5H;2*(H,6,7);. The molecule has 25 heavy (non-hydrogen) atoms. The summed E-state index contributed by atoms with van der Waals surface area (Å²) in [5.41, 5.74) is 0. The van der Waals surface area contributed by atoms with E-state index in [1.54, 1.807) is 0 Å². The molecule has 2 radical (unpaired) electrons. The van der Waals surface area contributed by atoms with Crippen LogP contribution >= 0.6 is 0 Å². The van der Waals surface area contributed by atoms with Gasteiger partial charge in [0.15, 0.2) is 0 Å². The number of rotatable bonds is 0.